The van der Waals surface area contributed by atoms with Crippen molar-refractivity contribution in [3.8, 4) is 0 Å². The van der Waals surface area contributed by atoms with Gasteiger partial charge in [-0.1, -0.05) is 39.0 Å². The Morgan fingerprint density at radius 3 is 2.71 bits per heavy atom. The van der Waals surface area contributed by atoms with Crippen molar-refractivity contribution < 1.29 is 5.11 Å². The van der Waals surface area contributed by atoms with Gasteiger partial charge in [0.05, 0.1) is 6.10 Å². The normalized spacial score (nSPS) is 12.8. The molecule has 0 aliphatic carbocycles. The first-order valence-corrected chi connectivity index (χ1v) is 7.69. The highest BCUT2D eigenvalue weighted by molar-refractivity contribution is 7.07. The van der Waals surface area contributed by atoms with Crippen molar-refractivity contribution in [2.24, 2.45) is 0 Å². The third-order valence-corrected chi connectivity index (χ3v) is 3.67. The maximum atomic E-state index is 9.83. The minimum Gasteiger partial charge on any atom is -0.387 e. The van der Waals surface area contributed by atoms with Crippen molar-refractivity contribution in [2.75, 3.05) is 13.1 Å². The van der Waals surface area contributed by atoms with Crippen LogP contribution in [0.3, 0.4) is 0 Å². The number of hydrogen-bond acceptors (Lipinski definition) is 3. The summed E-state index contributed by atoms with van der Waals surface area (Å²) in [5, 5.41) is 17.2. The zero-order valence-electron chi connectivity index (χ0n) is 10.8. The minimum absolute atomic E-state index is 0.346. The molecule has 98 valence electrons. The molecule has 2 N–H and O–H groups in total. The van der Waals surface area contributed by atoms with Gasteiger partial charge in [-0.3, -0.25) is 0 Å². The predicted octanol–water partition coefficient (Wildman–Crippen LogP) is 3.73. The molecular weight excluding hydrogens is 230 g/mol. The molecule has 0 amide bonds. The van der Waals surface area contributed by atoms with Gasteiger partial charge in [0, 0.05) is 6.54 Å². The van der Waals surface area contributed by atoms with Crippen LogP contribution in [-0.2, 0) is 0 Å². The number of aliphatic hydroxyl groups excluding tert-OH is 1. The standard InChI is InChI=1S/C14H25NOS/c1-2-3-4-5-6-7-9-15-11-14(16)13-8-10-17-12-13/h8,10,12,14-16H,2-7,9,11H2,1H3. The van der Waals surface area contributed by atoms with E-state index in [2.05, 4.69) is 12.2 Å². The number of unbranched alkanes of at least 4 members (excludes halogenated alkanes) is 5. The van der Waals surface area contributed by atoms with Crippen LogP contribution in [0, 0.1) is 0 Å². The maximum Gasteiger partial charge on any atom is 0.0922 e. The monoisotopic (exact) mass is 255 g/mol. The summed E-state index contributed by atoms with van der Waals surface area (Å²) in [5.74, 6) is 0. The molecule has 0 bridgehead atoms. The molecule has 0 saturated carbocycles. The molecule has 0 fully saturated rings. The van der Waals surface area contributed by atoms with Crippen molar-refractivity contribution >= 4 is 11.3 Å². The van der Waals surface area contributed by atoms with Gasteiger partial charge in [0.1, 0.15) is 0 Å². The first-order chi connectivity index (χ1) is 8.34. The number of nitrogens with one attached hydrogen (secondary N) is 1. The smallest absolute Gasteiger partial charge is 0.0922 e. The van der Waals surface area contributed by atoms with Gasteiger partial charge in [-0.2, -0.15) is 11.3 Å². The van der Waals surface area contributed by atoms with E-state index in [1.807, 2.05) is 16.8 Å². The van der Waals surface area contributed by atoms with Crippen LogP contribution in [-0.4, -0.2) is 18.2 Å². The molecule has 0 radical (unpaired) electrons. The molecule has 1 aromatic heterocycles. The van der Waals surface area contributed by atoms with Gasteiger partial charge in [0.15, 0.2) is 0 Å². The van der Waals surface area contributed by atoms with E-state index in [-0.39, 0.29) is 6.10 Å². The first kappa shape index (κ1) is 14.7. The van der Waals surface area contributed by atoms with Crippen LogP contribution in [0.1, 0.15) is 57.1 Å². The SMILES string of the molecule is CCCCCCCCNCC(O)c1ccsc1. The number of aliphatic hydroxyl groups is 1. The summed E-state index contributed by atoms with van der Waals surface area (Å²) in [5.41, 5.74) is 1.03. The number of hydrogen-bond donors (Lipinski definition) is 2. The Hall–Kier alpha value is -0.380. The van der Waals surface area contributed by atoms with Crippen LogP contribution in [0.2, 0.25) is 0 Å². The molecule has 0 aliphatic heterocycles. The highest BCUT2D eigenvalue weighted by atomic mass is 32.1. The van der Waals surface area contributed by atoms with E-state index in [0.29, 0.717) is 6.54 Å². The van der Waals surface area contributed by atoms with Crippen molar-refractivity contribution in [3.63, 3.8) is 0 Å². The molecule has 1 atom stereocenters. The van der Waals surface area contributed by atoms with Crippen LogP contribution in [0.5, 0.6) is 0 Å². The summed E-state index contributed by atoms with van der Waals surface area (Å²) in [4.78, 5) is 0. The lowest BCUT2D eigenvalue weighted by atomic mass is 10.1. The van der Waals surface area contributed by atoms with Gasteiger partial charge < -0.3 is 10.4 Å². The average Bonchev–Trinajstić information content (AvgIpc) is 2.86. The average molecular weight is 255 g/mol. The Labute approximate surface area is 109 Å². The fraction of sp³-hybridized carbons (Fsp3) is 0.714. The zero-order valence-corrected chi connectivity index (χ0v) is 11.6. The largest absolute Gasteiger partial charge is 0.387 e. The second-order valence-electron chi connectivity index (χ2n) is 4.54. The van der Waals surface area contributed by atoms with Crippen molar-refractivity contribution in [2.45, 2.75) is 51.6 Å². The Kier molecular flexibility index (Phi) is 8.32. The molecule has 1 unspecified atom stereocenters. The Bertz CT molecular complexity index is 261. The van der Waals surface area contributed by atoms with E-state index < -0.39 is 0 Å². The molecule has 0 saturated heterocycles. The van der Waals surface area contributed by atoms with Gasteiger partial charge in [-0.15, -0.1) is 0 Å². The van der Waals surface area contributed by atoms with Crippen LogP contribution in [0.4, 0.5) is 0 Å². The number of rotatable bonds is 10. The van der Waals surface area contributed by atoms with Crippen molar-refractivity contribution in [1.82, 2.24) is 5.32 Å². The molecule has 1 aromatic rings. The first-order valence-electron chi connectivity index (χ1n) is 6.75. The molecule has 17 heavy (non-hydrogen) atoms. The van der Waals surface area contributed by atoms with E-state index in [1.54, 1.807) is 11.3 Å². The van der Waals surface area contributed by atoms with E-state index in [1.165, 1.54) is 38.5 Å². The Morgan fingerprint density at radius 2 is 2.00 bits per heavy atom. The van der Waals surface area contributed by atoms with Crippen molar-refractivity contribution in [1.29, 1.82) is 0 Å². The third kappa shape index (κ3) is 6.81. The molecular formula is C14H25NOS. The summed E-state index contributed by atoms with van der Waals surface area (Å²) < 4.78 is 0. The van der Waals surface area contributed by atoms with E-state index >= 15 is 0 Å². The summed E-state index contributed by atoms with van der Waals surface area (Å²) in [6, 6.07) is 1.99. The van der Waals surface area contributed by atoms with Gasteiger partial charge in [-0.05, 0) is 35.4 Å². The van der Waals surface area contributed by atoms with E-state index in [0.717, 1.165) is 12.1 Å². The Balaban J connectivity index is 1.90. The van der Waals surface area contributed by atoms with E-state index in [9.17, 15) is 5.11 Å². The third-order valence-electron chi connectivity index (χ3n) is 2.97. The van der Waals surface area contributed by atoms with Gasteiger partial charge >= 0.3 is 0 Å². The van der Waals surface area contributed by atoms with Crippen LogP contribution in [0.15, 0.2) is 16.8 Å². The molecule has 1 heterocycles. The molecule has 0 aliphatic rings. The molecule has 2 nitrogen and oxygen atoms in total. The number of thiophene rings is 1. The molecule has 1 rings (SSSR count). The topological polar surface area (TPSA) is 32.3 Å². The summed E-state index contributed by atoms with van der Waals surface area (Å²) >= 11 is 1.64. The second-order valence-corrected chi connectivity index (χ2v) is 5.32. The summed E-state index contributed by atoms with van der Waals surface area (Å²) in [7, 11) is 0. The van der Waals surface area contributed by atoms with Crippen LogP contribution < -0.4 is 5.32 Å². The lowest BCUT2D eigenvalue weighted by Gasteiger charge is -2.10. The van der Waals surface area contributed by atoms with Gasteiger partial charge in [0.2, 0.25) is 0 Å². The van der Waals surface area contributed by atoms with E-state index in [4.69, 9.17) is 0 Å². The quantitative estimate of drug-likeness (QED) is 0.624. The fourth-order valence-electron chi connectivity index (χ4n) is 1.85. The molecule has 3 heteroatoms. The highest BCUT2D eigenvalue weighted by Gasteiger charge is 2.06. The minimum atomic E-state index is -0.346. The molecule has 0 spiro atoms. The van der Waals surface area contributed by atoms with Crippen LogP contribution >= 0.6 is 11.3 Å². The van der Waals surface area contributed by atoms with Crippen LogP contribution in [0.25, 0.3) is 0 Å². The fourth-order valence-corrected chi connectivity index (χ4v) is 2.56. The van der Waals surface area contributed by atoms with Gasteiger partial charge in [0.25, 0.3) is 0 Å². The van der Waals surface area contributed by atoms with Gasteiger partial charge in [-0.25, -0.2) is 0 Å². The highest BCUT2D eigenvalue weighted by Crippen LogP contribution is 2.15. The lowest BCUT2D eigenvalue weighted by molar-refractivity contribution is 0.175. The maximum absolute atomic E-state index is 9.83. The summed E-state index contributed by atoms with van der Waals surface area (Å²) in [6.07, 6.45) is 7.58. The predicted molar refractivity (Wildman–Crippen MR) is 75.5 cm³/mol. The zero-order chi connectivity index (χ0) is 12.3. The second kappa shape index (κ2) is 9.63. The van der Waals surface area contributed by atoms with Crippen molar-refractivity contribution in [3.05, 3.63) is 22.4 Å². The summed E-state index contributed by atoms with van der Waals surface area (Å²) in [6.45, 7) is 3.94. The Morgan fingerprint density at radius 1 is 1.24 bits per heavy atom. The molecule has 0 aromatic carbocycles. The lowest BCUT2D eigenvalue weighted by Crippen LogP contribution is -2.22.